The number of hydrogen-bond donors (Lipinski definition) is 0. The zero-order valence-corrected chi connectivity index (χ0v) is 14.6. The average molecular weight is 350 g/mol. The number of hydrogen-bond acceptors (Lipinski definition) is 4. The summed E-state index contributed by atoms with van der Waals surface area (Å²) in [6.45, 7) is 3.74. The Hall–Kier alpha value is -3.10. The molecule has 0 bridgehead atoms. The summed E-state index contributed by atoms with van der Waals surface area (Å²) in [5.41, 5.74) is 4.37. The van der Waals surface area contributed by atoms with Crippen LogP contribution in [0, 0.1) is 5.92 Å². The van der Waals surface area contributed by atoms with Gasteiger partial charge in [0.25, 0.3) is 0 Å². The van der Waals surface area contributed by atoms with Crippen LogP contribution in [0.4, 0.5) is 0 Å². The van der Waals surface area contributed by atoms with Crippen LogP contribution in [0.3, 0.4) is 0 Å². The molecule has 134 valence electrons. The number of benzene rings is 2. The minimum absolute atomic E-state index is 0.124. The number of rotatable bonds is 9. The molecule has 0 unspecified atom stereocenters. The van der Waals surface area contributed by atoms with Crippen LogP contribution >= 0.6 is 0 Å². The van der Waals surface area contributed by atoms with Crippen molar-refractivity contribution in [2.45, 2.75) is 26.1 Å². The summed E-state index contributed by atoms with van der Waals surface area (Å²) < 4.78 is 10.6. The normalized spacial score (nSPS) is 10.0. The number of esters is 2. The maximum absolute atomic E-state index is 12.4. The summed E-state index contributed by atoms with van der Waals surface area (Å²) in [5, 5.41) is 0. The van der Waals surface area contributed by atoms with E-state index in [1.165, 1.54) is 0 Å². The van der Waals surface area contributed by atoms with Gasteiger partial charge >= 0.3 is 11.9 Å². The smallest absolute Gasteiger partial charge is 0.320 e. The molecule has 0 aromatic heterocycles. The standard InChI is InChI=1S/C22H22O4/c1-2-3-6-15-20(21(23)25-16-18-11-7-4-8-12-18)22(24)26-17-19-13-9-5-10-14-19/h3-5,7-14,20H,1,6,15-17H2. The lowest BCUT2D eigenvalue weighted by Crippen LogP contribution is -2.28. The molecule has 0 amide bonds. The molecule has 0 N–H and O–H groups in total. The van der Waals surface area contributed by atoms with Gasteiger partial charge in [0.1, 0.15) is 13.2 Å². The van der Waals surface area contributed by atoms with Gasteiger partial charge in [-0.15, -0.1) is 5.73 Å². The van der Waals surface area contributed by atoms with Crippen molar-refractivity contribution in [2.24, 2.45) is 5.92 Å². The Bertz CT molecular complexity index is 691. The van der Waals surface area contributed by atoms with Crippen molar-refractivity contribution in [1.82, 2.24) is 0 Å². The Morgan fingerprint density at radius 1 is 0.885 bits per heavy atom. The van der Waals surface area contributed by atoms with Gasteiger partial charge in [-0.2, -0.15) is 0 Å². The van der Waals surface area contributed by atoms with Crippen LogP contribution in [0.1, 0.15) is 24.0 Å². The molecule has 4 heteroatoms. The second-order valence-corrected chi connectivity index (χ2v) is 5.72. The van der Waals surface area contributed by atoms with E-state index in [1.807, 2.05) is 60.7 Å². The number of ether oxygens (including phenoxy) is 2. The first-order chi connectivity index (χ1) is 12.7. The van der Waals surface area contributed by atoms with Crippen LogP contribution in [0.15, 0.2) is 79.0 Å². The molecule has 0 heterocycles. The molecule has 0 saturated heterocycles. The molecule has 2 aromatic rings. The molecule has 0 aliphatic carbocycles. The van der Waals surface area contributed by atoms with Crippen molar-refractivity contribution in [3.63, 3.8) is 0 Å². The van der Waals surface area contributed by atoms with E-state index < -0.39 is 17.9 Å². The van der Waals surface area contributed by atoms with Crippen molar-refractivity contribution in [3.8, 4) is 0 Å². The lowest BCUT2D eigenvalue weighted by molar-refractivity contribution is -0.164. The van der Waals surface area contributed by atoms with Gasteiger partial charge in [0.2, 0.25) is 0 Å². The first-order valence-corrected chi connectivity index (χ1v) is 8.46. The molecule has 0 aliphatic heterocycles. The monoisotopic (exact) mass is 350 g/mol. The summed E-state index contributed by atoms with van der Waals surface area (Å²) in [5.74, 6) is -2.12. The maximum Gasteiger partial charge on any atom is 0.320 e. The van der Waals surface area contributed by atoms with Gasteiger partial charge in [-0.25, -0.2) is 0 Å². The van der Waals surface area contributed by atoms with Crippen molar-refractivity contribution in [2.75, 3.05) is 0 Å². The van der Waals surface area contributed by atoms with Gasteiger partial charge in [0, 0.05) is 0 Å². The third-order valence-corrected chi connectivity index (χ3v) is 3.76. The summed E-state index contributed by atoms with van der Waals surface area (Å²) >= 11 is 0. The molecule has 4 nitrogen and oxygen atoms in total. The highest BCUT2D eigenvalue weighted by atomic mass is 16.6. The fourth-order valence-electron chi connectivity index (χ4n) is 2.34. The van der Waals surface area contributed by atoms with Crippen LogP contribution in [0.2, 0.25) is 0 Å². The van der Waals surface area contributed by atoms with Gasteiger partial charge < -0.3 is 9.47 Å². The van der Waals surface area contributed by atoms with Crippen molar-refractivity contribution < 1.29 is 19.1 Å². The molecule has 2 aromatic carbocycles. The zero-order chi connectivity index (χ0) is 18.6. The molecule has 0 fully saturated rings. The van der Waals surface area contributed by atoms with Gasteiger partial charge in [0.05, 0.1) is 0 Å². The van der Waals surface area contributed by atoms with Crippen molar-refractivity contribution in [1.29, 1.82) is 0 Å². The van der Waals surface area contributed by atoms with Gasteiger partial charge in [-0.1, -0.05) is 67.2 Å². The van der Waals surface area contributed by atoms with Crippen LogP contribution < -0.4 is 0 Å². The van der Waals surface area contributed by atoms with Crippen molar-refractivity contribution in [3.05, 3.63) is 90.2 Å². The first kappa shape index (κ1) is 19.2. The largest absolute Gasteiger partial charge is 0.460 e. The fourth-order valence-corrected chi connectivity index (χ4v) is 2.34. The predicted octanol–water partition coefficient (Wildman–Crippen LogP) is 4.21. The van der Waals surface area contributed by atoms with Crippen LogP contribution in [-0.4, -0.2) is 11.9 Å². The summed E-state index contributed by atoms with van der Waals surface area (Å²) in [6, 6.07) is 18.7. The van der Waals surface area contributed by atoms with E-state index in [-0.39, 0.29) is 13.2 Å². The zero-order valence-electron chi connectivity index (χ0n) is 14.6. The Kier molecular flexibility index (Phi) is 7.91. The number of carbonyl (C=O) groups excluding carboxylic acids is 2. The highest BCUT2D eigenvalue weighted by molar-refractivity contribution is 5.94. The van der Waals surface area contributed by atoms with Gasteiger partial charge in [-0.3, -0.25) is 9.59 Å². The molecule has 2 rings (SSSR count). The lowest BCUT2D eigenvalue weighted by atomic mass is 10.0. The second kappa shape index (κ2) is 10.7. The van der Waals surface area contributed by atoms with Gasteiger partial charge in [-0.05, 0) is 30.0 Å². The van der Waals surface area contributed by atoms with E-state index >= 15 is 0 Å². The topological polar surface area (TPSA) is 52.6 Å². The predicted molar refractivity (Wildman–Crippen MR) is 98.9 cm³/mol. The molecule has 0 spiro atoms. The van der Waals surface area contributed by atoms with Crippen LogP contribution in [0.5, 0.6) is 0 Å². The Balaban J connectivity index is 1.95. The molecule has 0 atom stereocenters. The van der Waals surface area contributed by atoms with Gasteiger partial charge in [0.15, 0.2) is 5.92 Å². The van der Waals surface area contributed by atoms with E-state index in [9.17, 15) is 9.59 Å². The highest BCUT2D eigenvalue weighted by Gasteiger charge is 2.29. The fraction of sp³-hybridized carbons (Fsp3) is 0.227. The molecular weight excluding hydrogens is 328 g/mol. The average Bonchev–Trinajstić information content (AvgIpc) is 2.69. The van der Waals surface area contributed by atoms with E-state index in [1.54, 1.807) is 6.08 Å². The summed E-state index contributed by atoms with van der Waals surface area (Å²) in [7, 11) is 0. The molecule has 0 aliphatic rings. The van der Waals surface area contributed by atoms with E-state index in [4.69, 9.17) is 9.47 Å². The third kappa shape index (κ3) is 6.42. The summed E-state index contributed by atoms with van der Waals surface area (Å²) in [4.78, 5) is 24.8. The third-order valence-electron chi connectivity index (χ3n) is 3.76. The van der Waals surface area contributed by atoms with Crippen molar-refractivity contribution >= 4 is 11.9 Å². The van der Waals surface area contributed by atoms with E-state index in [2.05, 4.69) is 12.3 Å². The molecule has 0 radical (unpaired) electrons. The quantitative estimate of drug-likeness (QED) is 0.386. The second-order valence-electron chi connectivity index (χ2n) is 5.72. The SMILES string of the molecule is C=C=CCCC(C(=O)OCc1ccccc1)C(=O)OCc1ccccc1. The van der Waals surface area contributed by atoms with Crippen LogP contribution in [0.25, 0.3) is 0 Å². The highest BCUT2D eigenvalue weighted by Crippen LogP contribution is 2.15. The Labute approximate surface area is 153 Å². The summed E-state index contributed by atoms with van der Waals surface area (Å²) in [6.07, 6.45) is 2.47. The minimum atomic E-state index is -0.966. The number of carbonyl (C=O) groups is 2. The molecule has 26 heavy (non-hydrogen) atoms. The van der Waals surface area contributed by atoms with E-state index in [0.717, 1.165) is 11.1 Å². The minimum Gasteiger partial charge on any atom is -0.460 e. The maximum atomic E-state index is 12.4. The van der Waals surface area contributed by atoms with E-state index in [0.29, 0.717) is 12.8 Å². The lowest BCUT2D eigenvalue weighted by Gasteiger charge is -2.15. The molecule has 0 saturated carbocycles. The number of allylic oxidation sites excluding steroid dienone is 1. The molecular formula is C22H22O4. The van der Waals surface area contributed by atoms with Crippen LogP contribution in [-0.2, 0) is 32.3 Å². The Morgan fingerprint density at radius 3 is 1.77 bits per heavy atom. The first-order valence-electron chi connectivity index (χ1n) is 8.46. The Morgan fingerprint density at radius 2 is 1.35 bits per heavy atom.